The Balaban J connectivity index is 1.37. The van der Waals surface area contributed by atoms with E-state index in [4.69, 9.17) is 0 Å². The van der Waals surface area contributed by atoms with Crippen molar-refractivity contribution in [1.29, 1.82) is 0 Å². The molecular formula is C22H20N4OS. The number of aromatic nitrogens is 3. The van der Waals surface area contributed by atoms with Gasteiger partial charge in [-0.2, -0.15) is 0 Å². The molecule has 0 saturated heterocycles. The molecule has 0 radical (unpaired) electrons. The number of amides is 1. The molecule has 5 nitrogen and oxygen atoms in total. The van der Waals surface area contributed by atoms with Crippen molar-refractivity contribution in [1.82, 2.24) is 19.3 Å². The van der Waals surface area contributed by atoms with E-state index in [1.807, 2.05) is 71.4 Å². The molecule has 28 heavy (non-hydrogen) atoms. The topological polar surface area (TPSA) is 50.5 Å². The zero-order valence-corrected chi connectivity index (χ0v) is 16.3. The van der Waals surface area contributed by atoms with Gasteiger partial charge in [-0.05, 0) is 48.0 Å². The second-order valence-electron chi connectivity index (χ2n) is 6.53. The van der Waals surface area contributed by atoms with Gasteiger partial charge in [-0.15, -0.1) is 11.8 Å². The van der Waals surface area contributed by atoms with Gasteiger partial charge in [-0.3, -0.25) is 9.78 Å². The number of carbonyl (C=O) groups excluding carboxylic acids is 1. The van der Waals surface area contributed by atoms with Gasteiger partial charge >= 0.3 is 0 Å². The van der Waals surface area contributed by atoms with E-state index in [1.165, 1.54) is 0 Å². The van der Waals surface area contributed by atoms with E-state index < -0.39 is 0 Å². The van der Waals surface area contributed by atoms with Crippen molar-refractivity contribution in [2.75, 3.05) is 7.05 Å². The maximum Gasteiger partial charge on any atom is 0.253 e. The summed E-state index contributed by atoms with van der Waals surface area (Å²) in [6.07, 6.45) is 7.56. The number of pyridine rings is 2. The van der Waals surface area contributed by atoms with Crippen LogP contribution in [0.5, 0.6) is 0 Å². The highest BCUT2D eigenvalue weighted by Gasteiger charge is 2.12. The van der Waals surface area contributed by atoms with Gasteiger partial charge in [0.1, 0.15) is 5.65 Å². The summed E-state index contributed by atoms with van der Waals surface area (Å²) in [5, 5.41) is 0. The second-order valence-corrected chi connectivity index (χ2v) is 7.58. The predicted octanol–water partition coefficient (Wildman–Crippen LogP) is 4.29. The maximum atomic E-state index is 12.6. The second kappa shape index (κ2) is 8.27. The highest BCUT2D eigenvalue weighted by Crippen LogP contribution is 2.23. The van der Waals surface area contributed by atoms with Crippen molar-refractivity contribution >= 4 is 23.3 Å². The average Bonchev–Trinajstić information content (AvgIpc) is 3.16. The van der Waals surface area contributed by atoms with E-state index in [-0.39, 0.29) is 5.91 Å². The molecule has 1 amide bonds. The Labute approximate surface area is 168 Å². The van der Waals surface area contributed by atoms with E-state index in [0.717, 1.165) is 27.6 Å². The van der Waals surface area contributed by atoms with Gasteiger partial charge in [0.2, 0.25) is 0 Å². The van der Waals surface area contributed by atoms with Crippen molar-refractivity contribution in [3.05, 3.63) is 96.2 Å². The van der Waals surface area contributed by atoms with E-state index in [0.29, 0.717) is 12.1 Å². The normalized spacial score (nSPS) is 10.9. The molecule has 0 aliphatic heterocycles. The quantitative estimate of drug-likeness (QED) is 0.462. The lowest BCUT2D eigenvalue weighted by molar-refractivity contribution is 0.0785. The minimum atomic E-state index is 0.000698. The zero-order valence-electron chi connectivity index (χ0n) is 15.5. The van der Waals surface area contributed by atoms with Gasteiger partial charge in [-0.1, -0.05) is 12.1 Å². The van der Waals surface area contributed by atoms with E-state index in [9.17, 15) is 4.79 Å². The number of thioether (sulfide) groups is 1. The molecule has 0 bridgehead atoms. The van der Waals surface area contributed by atoms with Crippen LogP contribution >= 0.6 is 11.8 Å². The lowest BCUT2D eigenvalue weighted by atomic mass is 10.2. The SMILES string of the molecule is CN(Cc1cccnc1)C(=O)c1ccc(SCc2cn3ccccc3n2)cc1. The van der Waals surface area contributed by atoms with Crippen LogP contribution in [0.1, 0.15) is 21.6 Å². The number of hydrogen-bond acceptors (Lipinski definition) is 4. The van der Waals surface area contributed by atoms with E-state index >= 15 is 0 Å². The number of nitrogens with zero attached hydrogens (tertiary/aromatic N) is 4. The monoisotopic (exact) mass is 388 g/mol. The Kier molecular flexibility index (Phi) is 5.39. The van der Waals surface area contributed by atoms with Gasteiger partial charge in [-0.25, -0.2) is 4.98 Å². The molecule has 6 heteroatoms. The van der Waals surface area contributed by atoms with Crippen LogP contribution in [0.3, 0.4) is 0 Å². The molecule has 0 aliphatic rings. The molecule has 4 rings (SSSR count). The molecule has 140 valence electrons. The van der Waals surface area contributed by atoms with Crippen LogP contribution in [0, 0.1) is 0 Å². The summed E-state index contributed by atoms with van der Waals surface area (Å²) < 4.78 is 2.02. The fraction of sp³-hybridized carbons (Fsp3) is 0.136. The zero-order chi connectivity index (χ0) is 19.3. The maximum absolute atomic E-state index is 12.6. The van der Waals surface area contributed by atoms with Crippen molar-refractivity contribution in [2.45, 2.75) is 17.2 Å². The van der Waals surface area contributed by atoms with Crippen molar-refractivity contribution in [3.63, 3.8) is 0 Å². The number of hydrogen-bond donors (Lipinski definition) is 0. The lowest BCUT2D eigenvalue weighted by Crippen LogP contribution is -2.26. The minimum absolute atomic E-state index is 0.000698. The summed E-state index contributed by atoms with van der Waals surface area (Å²) >= 11 is 1.71. The fourth-order valence-corrected chi connectivity index (χ4v) is 3.75. The largest absolute Gasteiger partial charge is 0.337 e. The predicted molar refractivity (Wildman–Crippen MR) is 111 cm³/mol. The third-order valence-corrected chi connectivity index (χ3v) is 5.44. The first-order valence-electron chi connectivity index (χ1n) is 8.99. The summed E-state index contributed by atoms with van der Waals surface area (Å²) in [5.41, 5.74) is 3.68. The summed E-state index contributed by atoms with van der Waals surface area (Å²) in [5.74, 6) is 0.788. The third kappa shape index (κ3) is 4.23. The smallest absolute Gasteiger partial charge is 0.253 e. The Morgan fingerprint density at radius 1 is 1.11 bits per heavy atom. The summed E-state index contributed by atoms with van der Waals surface area (Å²) in [6, 6.07) is 17.6. The van der Waals surface area contributed by atoms with Crippen LogP contribution in [-0.4, -0.2) is 32.2 Å². The molecule has 0 spiro atoms. The standard InChI is InChI=1S/C22H20N4OS/c1-25(14-17-5-4-11-23-13-17)22(27)18-7-9-20(10-8-18)28-16-19-15-26-12-3-2-6-21(26)24-19/h2-13,15H,14,16H2,1H3. The number of rotatable bonds is 6. The molecule has 0 atom stereocenters. The Morgan fingerprint density at radius 2 is 1.96 bits per heavy atom. The molecule has 1 aromatic carbocycles. The van der Waals surface area contributed by atoms with Crippen LogP contribution in [0.15, 0.2) is 84.3 Å². The number of carbonyl (C=O) groups is 1. The molecular weight excluding hydrogens is 368 g/mol. The number of imidazole rings is 1. The van der Waals surface area contributed by atoms with Crippen LogP contribution in [0.2, 0.25) is 0 Å². The average molecular weight is 388 g/mol. The van der Waals surface area contributed by atoms with Crippen molar-refractivity contribution < 1.29 is 4.79 Å². The van der Waals surface area contributed by atoms with Gasteiger partial charge in [0, 0.05) is 54.6 Å². The first-order valence-corrected chi connectivity index (χ1v) is 9.97. The summed E-state index contributed by atoms with van der Waals surface area (Å²) in [6.45, 7) is 0.539. The van der Waals surface area contributed by atoms with Gasteiger partial charge in [0.05, 0.1) is 5.69 Å². The van der Waals surface area contributed by atoms with Crippen LogP contribution in [0.25, 0.3) is 5.65 Å². The molecule has 3 heterocycles. The Morgan fingerprint density at radius 3 is 2.71 bits per heavy atom. The van der Waals surface area contributed by atoms with Crippen LogP contribution in [-0.2, 0) is 12.3 Å². The molecule has 0 unspecified atom stereocenters. The first kappa shape index (κ1) is 18.3. The number of benzene rings is 1. The molecule has 0 aliphatic carbocycles. The minimum Gasteiger partial charge on any atom is -0.337 e. The Hall–Kier alpha value is -3.12. The summed E-state index contributed by atoms with van der Waals surface area (Å²) in [4.78, 5) is 24.1. The fourth-order valence-electron chi connectivity index (χ4n) is 2.97. The first-order chi connectivity index (χ1) is 13.7. The highest BCUT2D eigenvalue weighted by molar-refractivity contribution is 7.98. The third-order valence-electron chi connectivity index (χ3n) is 4.39. The van der Waals surface area contributed by atoms with Gasteiger partial charge < -0.3 is 9.30 Å². The van der Waals surface area contributed by atoms with Crippen molar-refractivity contribution in [2.24, 2.45) is 0 Å². The Bertz CT molecular complexity index is 1040. The number of fused-ring (bicyclic) bond motifs is 1. The highest BCUT2D eigenvalue weighted by atomic mass is 32.2. The molecule has 0 N–H and O–H groups in total. The lowest BCUT2D eigenvalue weighted by Gasteiger charge is -2.17. The van der Waals surface area contributed by atoms with Crippen LogP contribution in [0.4, 0.5) is 0 Å². The molecule has 0 saturated carbocycles. The molecule has 0 fully saturated rings. The summed E-state index contributed by atoms with van der Waals surface area (Å²) in [7, 11) is 1.81. The van der Waals surface area contributed by atoms with Gasteiger partial charge in [0.25, 0.3) is 5.91 Å². The van der Waals surface area contributed by atoms with Gasteiger partial charge in [0.15, 0.2) is 0 Å². The molecule has 4 aromatic rings. The van der Waals surface area contributed by atoms with E-state index in [2.05, 4.69) is 9.97 Å². The van der Waals surface area contributed by atoms with E-state index in [1.54, 1.807) is 36.1 Å². The van der Waals surface area contributed by atoms with Crippen molar-refractivity contribution in [3.8, 4) is 0 Å². The van der Waals surface area contributed by atoms with Crippen LogP contribution < -0.4 is 0 Å². The molecule has 3 aromatic heterocycles.